The monoisotopic (exact) mass is 272 g/mol. The lowest BCUT2D eigenvalue weighted by atomic mass is 10.1. The molecule has 5 heteroatoms. The van der Waals surface area contributed by atoms with E-state index in [-0.39, 0.29) is 18.4 Å². The smallest absolute Gasteiger partial charge is 0.242 e. The van der Waals surface area contributed by atoms with E-state index in [1.54, 1.807) is 0 Å². The van der Waals surface area contributed by atoms with Crippen LogP contribution in [0.1, 0.15) is 24.0 Å². The highest BCUT2D eigenvalue weighted by Crippen LogP contribution is 2.09. The molecule has 1 unspecified atom stereocenters. The molecule has 2 amide bonds. The van der Waals surface area contributed by atoms with Crippen LogP contribution in [0, 0.1) is 11.8 Å². The molecular weight excluding hydrogens is 256 g/mol. The molecule has 104 valence electrons. The minimum absolute atomic E-state index is 0.0839. The molecule has 0 aromatic heterocycles. The molecule has 0 radical (unpaired) electrons. The summed E-state index contributed by atoms with van der Waals surface area (Å²) in [6.07, 6.45) is 0.938. The van der Waals surface area contributed by atoms with E-state index in [1.165, 1.54) is 0 Å². The fraction of sp³-hybridized carbons (Fsp3) is 0.333. The second-order valence-corrected chi connectivity index (χ2v) is 4.49. The highest BCUT2D eigenvalue weighted by atomic mass is 16.2. The summed E-state index contributed by atoms with van der Waals surface area (Å²) in [4.78, 5) is 23.0. The van der Waals surface area contributed by atoms with Gasteiger partial charge in [0.2, 0.25) is 11.8 Å². The molecule has 1 fully saturated rings. The van der Waals surface area contributed by atoms with Crippen LogP contribution in [0.4, 0.5) is 0 Å². The quantitative estimate of drug-likeness (QED) is 0.674. The molecule has 1 saturated heterocycles. The van der Waals surface area contributed by atoms with Gasteiger partial charge in [-0.1, -0.05) is 30.0 Å². The summed E-state index contributed by atoms with van der Waals surface area (Å²) in [6, 6.07) is 6.99. The average molecular weight is 272 g/mol. The third-order valence-electron chi connectivity index (χ3n) is 3.08. The minimum atomic E-state index is -0.432. The van der Waals surface area contributed by atoms with Gasteiger partial charge in [0.05, 0.1) is 0 Å². The first kappa shape index (κ1) is 14.1. The normalized spacial score (nSPS) is 17.1. The van der Waals surface area contributed by atoms with Gasteiger partial charge in [-0.05, 0) is 18.1 Å². The van der Waals surface area contributed by atoms with Crippen molar-refractivity contribution >= 4 is 11.8 Å². The van der Waals surface area contributed by atoms with Crippen molar-refractivity contribution in [3.8, 4) is 11.8 Å². The van der Waals surface area contributed by atoms with Crippen LogP contribution in [-0.4, -0.2) is 29.6 Å². The second kappa shape index (κ2) is 6.73. The van der Waals surface area contributed by atoms with Crippen LogP contribution in [0.5, 0.6) is 0 Å². The lowest BCUT2D eigenvalue weighted by molar-refractivity contribution is -0.125. The average Bonchev–Trinajstić information content (AvgIpc) is 2.90. The number of rotatable bonds is 3. The van der Waals surface area contributed by atoms with Gasteiger partial charge < -0.3 is 15.7 Å². The highest BCUT2D eigenvalue weighted by Gasteiger charge is 2.26. The summed E-state index contributed by atoms with van der Waals surface area (Å²) in [5.74, 6) is 5.17. The minimum Gasteiger partial charge on any atom is -0.384 e. The standard InChI is InChI=1S/C15H16N2O3/c18-9-3-6-11-4-1-2-5-12(11)10-16-15(20)13-7-8-14(19)17-13/h1-2,4-5,13,18H,7-10H2,(H,16,20)(H,17,19). The van der Waals surface area contributed by atoms with E-state index in [9.17, 15) is 9.59 Å². The molecule has 0 aliphatic carbocycles. The van der Waals surface area contributed by atoms with Crippen molar-refractivity contribution in [2.75, 3.05) is 6.61 Å². The Kier molecular flexibility index (Phi) is 4.75. The van der Waals surface area contributed by atoms with Crippen LogP contribution >= 0.6 is 0 Å². The molecule has 1 aliphatic heterocycles. The zero-order valence-corrected chi connectivity index (χ0v) is 11.0. The molecule has 1 aromatic rings. The van der Waals surface area contributed by atoms with Crippen LogP contribution in [0.3, 0.4) is 0 Å². The SMILES string of the molecule is O=C1CCC(C(=O)NCc2ccccc2C#CCO)N1. The number of aliphatic hydroxyl groups is 1. The summed E-state index contributed by atoms with van der Waals surface area (Å²) >= 11 is 0. The summed E-state index contributed by atoms with van der Waals surface area (Å²) < 4.78 is 0. The Morgan fingerprint density at radius 3 is 2.95 bits per heavy atom. The maximum Gasteiger partial charge on any atom is 0.242 e. The van der Waals surface area contributed by atoms with E-state index in [0.29, 0.717) is 19.4 Å². The van der Waals surface area contributed by atoms with E-state index in [2.05, 4.69) is 22.5 Å². The Hall–Kier alpha value is -2.32. The van der Waals surface area contributed by atoms with Gasteiger partial charge in [-0.25, -0.2) is 0 Å². The number of benzene rings is 1. The van der Waals surface area contributed by atoms with Gasteiger partial charge in [0.25, 0.3) is 0 Å². The van der Waals surface area contributed by atoms with Crippen LogP contribution in [0.25, 0.3) is 0 Å². The van der Waals surface area contributed by atoms with Crippen molar-refractivity contribution in [1.29, 1.82) is 0 Å². The molecule has 1 heterocycles. The summed E-state index contributed by atoms with van der Waals surface area (Å²) in [5, 5.41) is 14.1. The van der Waals surface area contributed by atoms with Crippen molar-refractivity contribution in [3.63, 3.8) is 0 Å². The van der Waals surface area contributed by atoms with Gasteiger partial charge in [0, 0.05) is 18.5 Å². The number of hydrogen-bond donors (Lipinski definition) is 3. The molecule has 0 bridgehead atoms. The Balaban J connectivity index is 1.97. The molecule has 1 aliphatic rings. The van der Waals surface area contributed by atoms with Crippen molar-refractivity contribution in [1.82, 2.24) is 10.6 Å². The van der Waals surface area contributed by atoms with E-state index < -0.39 is 6.04 Å². The summed E-state index contributed by atoms with van der Waals surface area (Å²) in [6.45, 7) is 0.149. The third kappa shape index (κ3) is 3.59. The maximum atomic E-state index is 11.9. The van der Waals surface area contributed by atoms with Gasteiger partial charge in [-0.3, -0.25) is 9.59 Å². The largest absolute Gasteiger partial charge is 0.384 e. The fourth-order valence-electron chi connectivity index (χ4n) is 2.05. The van der Waals surface area contributed by atoms with Gasteiger partial charge in [0.1, 0.15) is 12.6 Å². The maximum absolute atomic E-state index is 11.9. The Morgan fingerprint density at radius 2 is 2.25 bits per heavy atom. The molecule has 1 aromatic carbocycles. The summed E-state index contributed by atoms with van der Waals surface area (Å²) in [7, 11) is 0. The number of nitrogens with one attached hydrogen (secondary N) is 2. The van der Waals surface area contributed by atoms with Gasteiger partial charge >= 0.3 is 0 Å². The predicted octanol–water partition coefficient (Wildman–Crippen LogP) is -0.0748. The van der Waals surface area contributed by atoms with E-state index in [1.807, 2.05) is 24.3 Å². The summed E-state index contributed by atoms with van der Waals surface area (Å²) in [5.41, 5.74) is 1.66. The number of carbonyl (C=O) groups is 2. The van der Waals surface area contributed by atoms with Crippen LogP contribution in [-0.2, 0) is 16.1 Å². The number of amides is 2. The first-order valence-corrected chi connectivity index (χ1v) is 6.45. The molecule has 5 nitrogen and oxygen atoms in total. The molecular formula is C15H16N2O3. The van der Waals surface area contributed by atoms with Crippen LogP contribution in [0.15, 0.2) is 24.3 Å². The second-order valence-electron chi connectivity index (χ2n) is 4.49. The topological polar surface area (TPSA) is 78.4 Å². The van der Waals surface area contributed by atoms with Crippen LogP contribution < -0.4 is 10.6 Å². The number of aliphatic hydroxyl groups excluding tert-OH is 1. The first-order chi connectivity index (χ1) is 9.70. The number of hydrogen-bond acceptors (Lipinski definition) is 3. The molecule has 2 rings (SSSR count). The van der Waals surface area contributed by atoms with Crippen molar-refractivity contribution in [2.45, 2.75) is 25.4 Å². The lowest BCUT2D eigenvalue weighted by Gasteiger charge is -2.11. The molecule has 0 saturated carbocycles. The van der Waals surface area contributed by atoms with E-state index in [4.69, 9.17) is 5.11 Å². The molecule has 0 spiro atoms. The van der Waals surface area contributed by atoms with E-state index in [0.717, 1.165) is 11.1 Å². The van der Waals surface area contributed by atoms with Crippen molar-refractivity contribution < 1.29 is 14.7 Å². The van der Waals surface area contributed by atoms with Gasteiger partial charge in [0.15, 0.2) is 0 Å². The Morgan fingerprint density at radius 1 is 1.45 bits per heavy atom. The first-order valence-electron chi connectivity index (χ1n) is 6.45. The lowest BCUT2D eigenvalue weighted by Crippen LogP contribution is -2.41. The predicted molar refractivity (Wildman–Crippen MR) is 73.4 cm³/mol. The molecule has 3 N–H and O–H groups in total. The third-order valence-corrected chi connectivity index (χ3v) is 3.08. The van der Waals surface area contributed by atoms with Crippen molar-refractivity contribution in [2.24, 2.45) is 0 Å². The Bertz CT molecular complexity index is 572. The van der Waals surface area contributed by atoms with Gasteiger partial charge in [-0.15, -0.1) is 0 Å². The number of carbonyl (C=O) groups excluding carboxylic acids is 2. The van der Waals surface area contributed by atoms with E-state index >= 15 is 0 Å². The zero-order valence-electron chi connectivity index (χ0n) is 11.0. The Labute approximate surface area is 117 Å². The molecule has 1 atom stereocenters. The zero-order chi connectivity index (χ0) is 14.4. The van der Waals surface area contributed by atoms with Crippen LogP contribution in [0.2, 0.25) is 0 Å². The fourth-order valence-corrected chi connectivity index (χ4v) is 2.05. The van der Waals surface area contributed by atoms with Gasteiger partial charge in [-0.2, -0.15) is 0 Å². The molecule has 20 heavy (non-hydrogen) atoms. The van der Waals surface area contributed by atoms with Crippen molar-refractivity contribution in [3.05, 3.63) is 35.4 Å². The highest BCUT2D eigenvalue weighted by molar-refractivity contribution is 5.90.